The Labute approximate surface area is 164 Å². The number of benzene rings is 2. The van der Waals surface area contributed by atoms with Gasteiger partial charge in [0.05, 0.1) is 24.2 Å². The normalized spacial score (nSPS) is 16.9. The van der Waals surface area contributed by atoms with E-state index in [1.807, 2.05) is 24.3 Å². The van der Waals surface area contributed by atoms with Crippen LogP contribution in [-0.2, 0) is 37.1 Å². The summed E-state index contributed by atoms with van der Waals surface area (Å²) in [6, 6.07) is 13.4. The third kappa shape index (κ3) is 4.40. The topological polar surface area (TPSA) is 92.8 Å². The molecule has 0 bridgehead atoms. The van der Waals surface area contributed by atoms with Crippen LogP contribution in [0.4, 0.5) is 5.69 Å². The van der Waals surface area contributed by atoms with Gasteiger partial charge in [-0.1, -0.05) is 36.4 Å². The van der Waals surface area contributed by atoms with Gasteiger partial charge in [0.15, 0.2) is 9.84 Å². The number of nitrogens with one attached hydrogen (secondary N) is 1. The zero-order chi connectivity index (χ0) is 20.3. The summed E-state index contributed by atoms with van der Waals surface area (Å²) in [5.41, 5.74) is 2.32. The van der Waals surface area contributed by atoms with Crippen LogP contribution in [0.2, 0.25) is 0 Å². The summed E-state index contributed by atoms with van der Waals surface area (Å²) in [6.07, 6.45) is 1.54. The Morgan fingerprint density at radius 1 is 1.11 bits per heavy atom. The van der Waals surface area contributed by atoms with Crippen LogP contribution >= 0.6 is 0 Å². The highest BCUT2D eigenvalue weighted by molar-refractivity contribution is 7.90. The Balaban J connectivity index is 1.80. The quantitative estimate of drug-likeness (QED) is 0.764. The fourth-order valence-corrected chi connectivity index (χ4v) is 4.22. The molecule has 0 unspecified atom stereocenters. The van der Waals surface area contributed by atoms with E-state index >= 15 is 0 Å². The largest absolute Gasteiger partial charge is 0.468 e. The molecule has 1 N–H and O–H groups in total. The summed E-state index contributed by atoms with van der Waals surface area (Å²) in [7, 11) is -2.16. The number of anilines is 1. The summed E-state index contributed by atoms with van der Waals surface area (Å²) < 4.78 is 28.7. The van der Waals surface area contributed by atoms with E-state index in [0.29, 0.717) is 13.0 Å². The lowest BCUT2D eigenvalue weighted by atomic mass is 9.94. The molecular weight excluding hydrogens is 380 g/mol. The lowest BCUT2D eigenvalue weighted by Gasteiger charge is -2.34. The van der Waals surface area contributed by atoms with Crippen molar-refractivity contribution < 1.29 is 22.7 Å². The lowest BCUT2D eigenvalue weighted by molar-refractivity contribution is -0.148. The number of methoxy groups -OCH3 is 1. The first-order valence-electron chi connectivity index (χ1n) is 8.77. The fourth-order valence-electron chi connectivity index (χ4n) is 3.38. The molecule has 0 aliphatic carbocycles. The number of hydrogen-bond acceptors (Lipinski definition) is 6. The summed E-state index contributed by atoms with van der Waals surface area (Å²) in [5, 5.41) is 2.65. The predicted octanol–water partition coefficient (Wildman–Crippen LogP) is 1.63. The van der Waals surface area contributed by atoms with Gasteiger partial charge >= 0.3 is 5.97 Å². The minimum atomic E-state index is -3.48. The number of carbonyl (C=O) groups is 2. The van der Waals surface area contributed by atoms with E-state index in [4.69, 9.17) is 4.74 Å². The molecule has 1 aliphatic rings. The average molecular weight is 402 g/mol. The summed E-state index contributed by atoms with van der Waals surface area (Å²) in [5.74, 6) is -0.803. The SMILES string of the molecule is COC(=O)[C@H]1Cc2ccccc2CN1CC(=O)Nc1ccccc1S(C)(=O)=O. The van der Waals surface area contributed by atoms with Crippen molar-refractivity contribution in [3.63, 3.8) is 0 Å². The molecule has 0 aromatic heterocycles. The number of esters is 1. The standard InChI is InChI=1S/C20H22N2O5S/c1-27-20(24)17-11-14-7-3-4-8-15(14)12-22(17)13-19(23)21-16-9-5-6-10-18(16)28(2,25)26/h3-10,17H,11-13H2,1-2H3,(H,21,23)/t17-/m1/s1. The first-order chi connectivity index (χ1) is 13.3. The van der Waals surface area contributed by atoms with Crippen LogP contribution in [0, 0.1) is 0 Å². The molecule has 2 aromatic carbocycles. The molecule has 0 saturated heterocycles. The van der Waals surface area contributed by atoms with Crippen molar-refractivity contribution in [1.82, 2.24) is 4.90 Å². The van der Waals surface area contributed by atoms with Crippen molar-refractivity contribution in [3.05, 3.63) is 59.7 Å². The number of amides is 1. The molecule has 148 valence electrons. The van der Waals surface area contributed by atoms with Crippen LogP contribution in [0.15, 0.2) is 53.4 Å². The lowest BCUT2D eigenvalue weighted by Crippen LogP contribution is -2.49. The second-order valence-electron chi connectivity index (χ2n) is 6.73. The van der Waals surface area contributed by atoms with Gasteiger partial charge in [0, 0.05) is 12.8 Å². The molecule has 8 heteroatoms. The van der Waals surface area contributed by atoms with Crippen molar-refractivity contribution in [1.29, 1.82) is 0 Å². The Morgan fingerprint density at radius 2 is 1.75 bits per heavy atom. The van der Waals surface area contributed by atoms with Gasteiger partial charge in [-0.2, -0.15) is 0 Å². The van der Waals surface area contributed by atoms with Crippen LogP contribution in [0.25, 0.3) is 0 Å². The smallest absolute Gasteiger partial charge is 0.323 e. The van der Waals surface area contributed by atoms with Gasteiger partial charge < -0.3 is 10.1 Å². The maximum absolute atomic E-state index is 12.6. The highest BCUT2D eigenvalue weighted by atomic mass is 32.2. The molecule has 3 rings (SSSR count). The third-order valence-corrected chi connectivity index (χ3v) is 5.88. The van der Waals surface area contributed by atoms with Crippen molar-refractivity contribution in [2.45, 2.75) is 23.9 Å². The highest BCUT2D eigenvalue weighted by Crippen LogP contribution is 2.25. The Morgan fingerprint density at radius 3 is 2.43 bits per heavy atom. The fraction of sp³-hybridized carbons (Fsp3) is 0.300. The van der Waals surface area contributed by atoms with Crippen molar-refractivity contribution in [2.24, 2.45) is 0 Å². The second-order valence-corrected chi connectivity index (χ2v) is 8.72. The zero-order valence-electron chi connectivity index (χ0n) is 15.7. The summed E-state index contributed by atoms with van der Waals surface area (Å²) in [6.45, 7) is 0.364. The molecule has 1 atom stereocenters. The number of sulfone groups is 1. The number of ether oxygens (including phenoxy) is 1. The van der Waals surface area contributed by atoms with E-state index in [9.17, 15) is 18.0 Å². The minimum Gasteiger partial charge on any atom is -0.468 e. The number of nitrogens with zero attached hydrogens (tertiary/aromatic N) is 1. The molecule has 7 nitrogen and oxygen atoms in total. The molecular formula is C20H22N2O5S. The maximum atomic E-state index is 12.6. The summed E-state index contributed by atoms with van der Waals surface area (Å²) in [4.78, 5) is 26.7. The van der Waals surface area contributed by atoms with E-state index in [1.54, 1.807) is 17.0 Å². The van der Waals surface area contributed by atoms with Gasteiger partial charge in [-0.3, -0.25) is 14.5 Å². The van der Waals surface area contributed by atoms with E-state index in [2.05, 4.69) is 5.32 Å². The van der Waals surface area contributed by atoms with E-state index in [0.717, 1.165) is 17.4 Å². The molecule has 2 aromatic rings. The van der Waals surface area contributed by atoms with Gasteiger partial charge in [0.1, 0.15) is 6.04 Å². The number of rotatable bonds is 5. The van der Waals surface area contributed by atoms with Gasteiger partial charge in [-0.25, -0.2) is 8.42 Å². The first-order valence-corrected chi connectivity index (χ1v) is 10.7. The van der Waals surface area contributed by atoms with Crippen molar-refractivity contribution in [2.75, 3.05) is 25.2 Å². The Hall–Kier alpha value is -2.71. The molecule has 28 heavy (non-hydrogen) atoms. The van der Waals surface area contributed by atoms with Crippen LogP contribution in [0.3, 0.4) is 0 Å². The number of hydrogen-bond donors (Lipinski definition) is 1. The van der Waals surface area contributed by atoms with Crippen LogP contribution in [-0.4, -0.2) is 51.1 Å². The monoisotopic (exact) mass is 402 g/mol. The van der Waals surface area contributed by atoms with Crippen molar-refractivity contribution >= 4 is 27.4 Å². The second kappa shape index (κ2) is 8.12. The molecule has 0 saturated carbocycles. The summed E-state index contributed by atoms with van der Waals surface area (Å²) >= 11 is 0. The first kappa shape index (κ1) is 20.0. The van der Waals surface area contributed by atoms with Crippen LogP contribution in [0.1, 0.15) is 11.1 Å². The van der Waals surface area contributed by atoms with E-state index < -0.39 is 27.8 Å². The predicted molar refractivity (Wildman–Crippen MR) is 105 cm³/mol. The third-order valence-electron chi connectivity index (χ3n) is 4.73. The minimum absolute atomic E-state index is 0.0526. The van der Waals surface area contributed by atoms with E-state index in [1.165, 1.54) is 19.2 Å². The molecule has 1 aliphatic heterocycles. The molecule has 1 amide bonds. The molecule has 1 heterocycles. The number of carbonyl (C=O) groups excluding carboxylic acids is 2. The molecule has 0 spiro atoms. The molecule has 0 radical (unpaired) electrons. The maximum Gasteiger partial charge on any atom is 0.323 e. The van der Waals surface area contributed by atoms with Gasteiger partial charge in [-0.05, 0) is 29.7 Å². The van der Waals surface area contributed by atoms with Gasteiger partial charge in [-0.15, -0.1) is 0 Å². The zero-order valence-corrected chi connectivity index (χ0v) is 16.5. The van der Waals surface area contributed by atoms with Crippen LogP contribution < -0.4 is 5.32 Å². The van der Waals surface area contributed by atoms with E-state index in [-0.39, 0.29) is 17.1 Å². The molecule has 0 fully saturated rings. The number of fused-ring (bicyclic) bond motifs is 1. The number of para-hydroxylation sites is 1. The Bertz CT molecular complexity index is 1000. The average Bonchev–Trinajstić information content (AvgIpc) is 2.66. The van der Waals surface area contributed by atoms with Crippen molar-refractivity contribution in [3.8, 4) is 0 Å². The van der Waals surface area contributed by atoms with Crippen LogP contribution in [0.5, 0.6) is 0 Å². The van der Waals surface area contributed by atoms with Gasteiger partial charge in [0.2, 0.25) is 5.91 Å². The van der Waals surface area contributed by atoms with Gasteiger partial charge in [0.25, 0.3) is 0 Å². The Kier molecular flexibility index (Phi) is 5.81. The highest BCUT2D eigenvalue weighted by Gasteiger charge is 2.33.